The Bertz CT molecular complexity index is 363. The first-order chi connectivity index (χ1) is 7.14. The third kappa shape index (κ3) is 6.19. The number of hydrogen-bond acceptors (Lipinski definition) is 5. The highest BCUT2D eigenvalue weighted by atomic mass is 32.2. The van der Waals surface area contributed by atoms with E-state index in [4.69, 9.17) is 5.11 Å². The van der Waals surface area contributed by atoms with E-state index in [9.17, 15) is 18.0 Å². The first kappa shape index (κ1) is 14.6. The molecule has 1 atom stereocenters. The van der Waals surface area contributed by atoms with Crippen molar-refractivity contribution in [1.82, 2.24) is 9.44 Å². The smallest absolute Gasteiger partial charge is 0.422 e. The summed E-state index contributed by atoms with van der Waals surface area (Å²) in [5.74, 6) is -1.36. The fraction of sp³-hybridized carbons (Fsp3) is 0.714. The third-order valence-corrected chi connectivity index (χ3v) is 2.36. The molecule has 9 heteroatoms. The second-order valence-corrected chi connectivity index (χ2v) is 4.68. The van der Waals surface area contributed by atoms with Crippen molar-refractivity contribution in [3.63, 3.8) is 0 Å². The van der Waals surface area contributed by atoms with Crippen LogP contribution in [0.15, 0.2) is 0 Å². The zero-order chi connectivity index (χ0) is 12.9. The molecule has 0 spiro atoms. The fourth-order valence-electron chi connectivity index (χ4n) is 0.660. The van der Waals surface area contributed by atoms with E-state index in [1.807, 2.05) is 0 Å². The van der Waals surface area contributed by atoms with Crippen LogP contribution in [-0.4, -0.2) is 37.7 Å². The average molecular weight is 254 g/mol. The molecule has 0 aliphatic carbocycles. The minimum atomic E-state index is -4.23. The lowest BCUT2D eigenvalue weighted by Gasteiger charge is -2.12. The van der Waals surface area contributed by atoms with Crippen molar-refractivity contribution in [1.29, 1.82) is 0 Å². The number of hydrogen-bond donors (Lipinski definition) is 3. The number of rotatable bonds is 5. The molecule has 0 aromatic heterocycles. The molecule has 8 nitrogen and oxygen atoms in total. The number of amides is 1. The van der Waals surface area contributed by atoms with Gasteiger partial charge >= 0.3 is 22.3 Å². The summed E-state index contributed by atoms with van der Waals surface area (Å²) in [6, 6.07) is -1.34. The topological polar surface area (TPSA) is 122 Å². The second kappa shape index (κ2) is 5.66. The van der Waals surface area contributed by atoms with Gasteiger partial charge in [0.2, 0.25) is 0 Å². The van der Waals surface area contributed by atoms with Gasteiger partial charge < -0.3 is 9.84 Å². The summed E-state index contributed by atoms with van der Waals surface area (Å²) in [5.41, 5.74) is 0. The number of nitrogens with one attached hydrogen (secondary N) is 2. The lowest BCUT2D eigenvalue weighted by Crippen LogP contribution is -2.47. The van der Waals surface area contributed by atoms with E-state index < -0.39 is 34.4 Å². The van der Waals surface area contributed by atoms with Crippen molar-refractivity contribution < 1.29 is 27.9 Å². The largest absolute Gasteiger partial charge is 0.480 e. The lowest BCUT2D eigenvalue weighted by atomic mass is 10.4. The molecule has 0 heterocycles. The Morgan fingerprint density at radius 1 is 1.25 bits per heavy atom. The predicted molar refractivity (Wildman–Crippen MR) is 53.9 cm³/mol. The molecule has 0 saturated heterocycles. The maximum atomic E-state index is 11.2. The van der Waals surface area contributed by atoms with Crippen LogP contribution in [-0.2, 0) is 19.7 Å². The molecular weight excluding hydrogens is 240 g/mol. The molecule has 0 saturated carbocycles. The van der Waals surface area contributed by atoms with Gasteiger partial charge in [-0.1, -0.05) is 0 Å². The van der Waals surface area contributed by atoms with Gasteiger partial charge in [-0.2, -0.15) is 13.1 Å². The van der Waals surface area contributed by atoms with Crippen LogP contribution in [0.2, 0.25) is 0 Å². The van der Waals surface area contributed by atoms with Crippen LogP contribution >= 0.6 is 0 Å². The molecule has 0 rings (SSSR count). The SMILES string of the molecule is CC(C)OC(=O)NS(=O)(=O)N[C@H](C)C(=O)O. The number of carbonyl (C=O) groups excluding carboxylic acids is 1. The molecule has 16 heavy (non-hydrogen) atoms. The number of ether oxygens (including phenoxy) is 1. The Kier molecular flexibility index (Phi) is 5.18. The summed E-state index contributed by atoms with van der Waals surface area (Å²) in [7, 11) is -4.23. The van der Waals surface area contributed by atoms with Gasteiger partial charge in [0.15, 0.2) is 0 Å². The van der Waals surface area contributed by atoms with Crippen molar-refractivity contribution >= 4 is 22.3 Å². The van der Waals surface area contributed by atoms with E-state index in [0.717, 1.165) is 6.92 Å². The molecular formula is C7H14N2O6S. The number of carboxylic acids is 1. The minimum absolute atomic E-state index is 0.480. The van der Waals surface area contributed by atoms with Gasteiger partial charge in [0.1, 0.15) is 6.04 Å². The molecule has 0 bridgehead atoms. The van der Waals surface area contributed by atoms with Gasteiger partial charge in [0, 0.05) is 0 Å². The average Bonchev–Trinajstić information content (AvgIpc) is 1.98. The molecule has 0 fully saturated rings. The van der Waals surface area contributed by atoms with Gasteiger partial charge in [-0.05, 0) is 20.8 Å². The first-order valence-corrected chi connectivity index (χ1v) is 5.86. The Morgan fingerprint density at radius 3 is 2.12 bits per heavy atom. The zero-order valence-corrected chi connectivity index (χ0v) is 9.87. The van der Waals surface area contributed by atoms with Crippen LogP contribution in [0.25, 0.3) is 0 Å². The highest BCUT2D eigenvalue weighted by Gasteiger charge is 2.22. The Hall–Kier alpha value is -1.35. The van der Waals surface area contributed by atoms with Crippen LogP contribution in [0.1, 0.15) is 20.8 Å². The van der Waals surface area contributed by atoms with Crippen molar-refractivity contribution in [2.45, 2.75) is 32.9 Å². The van der Waals surface area contributed by atoms with E-state index in [-0.39, 0.29) is 0 Å². The molecule has 94 valence electrons. The highest BCUT2D eigenvalue weighted by molar-refractivity contribution is 7.88. The van der Waals surface area contributed by atoms with Crippen LogP contribution < -0.4 is 9.44 Å². The molecule has 0 aliphatic heterocycles. The second-order valence-electron chi connectivity index (χ2n) is 3.24. The Morgan fingerprint density at radius 2 is 1.75 bits per heavy atom. The monoisotopic (exact) mass is 254 g/mol. The standard InChI is InChI=1S/C7H14N2O6S/c1-4(2)15-7(12)9-16(13,14)8-5(3)6(10)11/h4-5,8H,1-3H3,(H,9,12)(H,10,11)/t5-/m1/s1. The van der Waals surface area contributed by atoms with Gasteiger partial charge in [-0.15, -0.1) is 0 Å². The minimum Gasteiger partial charge on any atom is -0.480 e. The summed E-state index contributed by atoms with van der Waals surface area (Å²) in [4.78, 5) is 21.3. The predicted octanol–water partition coefficient (Wildman–Crippen LogP) is -0.571. The summed E-state index contributed by atoms with van der Waals surface area (Å²) >= 11 is 0. The van der Waals surface area contributed by atoms with Crippen molar-refractivity contribution in [3.8, 4) is 0 Å². The van der Waals surface area contributed by atoms with Crippen LogP contribution in [0, 0.1) is 0 Å². The maximum Gasteiger partial charge on any atom is 0.422 e. The molecule has 0 aliphatic rings. The first-order valence-electron chi connectivity index (χ1n) is 4.37. The summed E-state index contributed by atoms with van der Waals surface area (Å²) < 4.78 is 30.0. The van der Waals surface area contributed by atoms with E-state index >= 15 is 0 Å². The van der Waals surface area contributed by atoms with Crippen LogP contribution in [0.3, 0.4) is 0 Å². The van der Waals surface area contributed by atoms with E-state index in [2.05, 4.69) is 4.74 Å². The van der Waals surface area contributed by atoms with Gasteiger partial charge in [0.25, 0.3) is 0 Å². The third-order valence-electron chi connectivity index (χ3n) is 1.26. The molecule has 0 radical (unpaired) electrons. The molecule has 3 N–H and O–H groups in total. The molecule has 0 aromatic carbocycles. The summed E-state index contributed by atoms with van der Waals surface area (Å²) in [6.45, 7) is 4.20. The van der Waals surface area contributed by atoms with E-state index in [1.54, 1.807) is 18.6 Å². The number of carbonyl (C=O) groups is 2. The highest BCUT2D eigenvalue weighted by Crippen LogP contribution is 1.91. The Balaban J connectivity index is 4.36. The zero-order valence-electron chi connectivity index (χ0n) is 9.05. The van der Waals surface area contributed by atoms with Crippen LogP contribution in [0.5, 0.6) is 0 Å². The fourth-order valence-corrected chi connectivity index (χ4v) is 1.55. The molecule has 0 unspecified atom stereocenters. The Labute approximate surface area is 93.2 Å². The lowest BCUT2D eigenvalue weighted by molar-refractivity contribution is -0.138. The maximum absolute atomic E-state index is 11.2. The van der Waals surface area contributed by atoms with E-state index in [1.165, 1.54) is 4.72 Å². The van der Waals surface area contributed by atoms with Crippen LogP contribution in [0.4, 0.5) is 4.79 Å². The van der Waals surface area contributed by atoms with Crippen molar-refractivity contribution in [3.05, 3.63) is 0 Å². The molecule has 1 amide bonds. The molecule has 0 aromatic rings. The van der Waals surface area contributed by atoms with Crippen molar-refractivity contribution in [2.24, 2.45) is 0 Å². The van der Waals surface area contributed by atoms with Gasteiger partial charge in [0.05, 0.1) is 6.10 Å². The van der Waals surface area contributed by atoms with Gasteiger partial charge in [-0.25, -0.2) is 9.52 Å². The van der Waals surface area contributed by atoms with E-state index in [0.29, 0.717) is 0 Å². The van der Waals surface area contributed by atoms with Gasteiger partial charge in [-0.3, -0.25) is 4.79 Å². The number of carboxylic acid groups (broad SMARTS) is 1. The summed E-state index contributed by atoms with van der Waals surface area (Å²) in [6.07, 6.45) is -1.65. The quantitative estimate of drug-likeness (QED) is 0.604. The summed E-state index contributed by atoms with van der Waals surface area (Å²) in [5, 5.41) is 8.45. The van der Waals surface area contributed by atoms with Crippen molar-refractivity contribution in [2.75, 3.05) is 0 Å². The number of aliphatic carboxylic acids is 1. The normalized spacial score (nSPS) is 13.2.